The predicted molar refractivity (Wildman–Crippen MR) is 75.1 cm³/mol. The van der Waals surface area contributed by atoms with Crippen molar-refractivity contribution in [3.05, 3.63) is 28.8 Å². The Kier molecular flexibility index (Phi) is 5.43. The Morgan fingerprint density at radius 1 is 1.28 bits per heavy atom. The monoisotopic (exact) mass is 310 g/mol. The molecule has 4 nitrogen and oxygen atoms in total. The van der Waals surface area contributed by atoms with Crippen LogP contribution in [0.3, 0.4) is 0 Å². The second-order valence-electron chi connectivity index (χ2n) is 4.06. The number of nitrogens with zero attached hydrogens (tertiary/aromatic N) is 1. The lowest BCUT2D eigenvalue weighted by Crippen LogP contribution is -2.46. The van der Waals surface area contributed by atoms with Crippen LogP contribution in [-0.2, 0) is 10.0 Å². The first kappa shape index (κ1) is 15.7. The molecular formula is C11H16Cl2N2O2S. The smallest absolute Gasteiger partial charge is 0.243 e. The lowest BCUT2D eigenvalue weighted by atomic mass is 10.2. The number of hydrogen-bond donors (Lipinski definition) is 1. The van der Waals surface area contributed by atoms with Gasteiger partial charge in [-0.25, -0.2) is 8.42 Å². The Hall–Kier alpha value is -0.330. The summed E-state index contributed by atoms with van der Waals surface area (Å²) in [5.41, 5.74) is 0.730. The molecular weight excluding hydrogens is 295 g/mol. The van der Waals surface area contributed by atoms with E-state index in [1.165, 1.54) is 10.4 Å². The van der Waals surface area contributed by atoms with Crippen LogP contribution >= 0.6 is 24.0 Å². The minimum Gasteiger partial charge on any atom is -0.314 e. The van der Waals surface area contributed by atoms with Crippen LogP contribution in [-0.4, -0.2) is 38.9 Å². The summed E-state index contributed by atoms with van der Waals surface area (Å²) >= 11 is 5.87. The third-order valence-electron chi connectivity index (χ3n) is 2.84. The van der Waals surface area contributed by atoms with E-state index in [-0.39, 0.29) is 12.4 Å². The van der Waals surface area contributed by atoms with E-state index >= 15 is 0 Å². The molecule has 0 radical (unpaired) electrons. The van der Waals surface area contributed by atoms with Crippen LogP contribution in [0.15, 0.2) is 23.1 Å². The van der Waals surface area contributed by atoms with Gasteiger partial charge in [-0.2, -0.15) is 4.31 Å². The molecule has 18 heavy (non-hydrogen) atoms. The van der Waals surface area contributed by atoms with Gasteiger partial charge in [-0.05, 0) is 24.6 Å². The molecule has 0 bridgehead atoms. The van der Waals surface area contributed by atoms with E-state index in [1.807, 2.05) is 0 Å². The Morgan fingerprint density at radius 3 is 2.50 bits per heavy atom. The third kappa shape index (κ3) is 3.16. The Bertz CT molecular complexity index is 514. The zero-order valence-electron chi connectivity index (χ0n) is 10.0. The SMILES string of the molecule is Cc1ccc(Cl)cc1S(=O)(=O)N1CCNCC1.Cl. The van der Waals surface area contributed by atoms with Gasteiger partial charge in [-0.1, -0.05) is 17.7 Å². The molecule has 1 saturated heterocycles. The standard InChI is InChI=1S/C11H15ClN2O2S.ClH/c1-9-2-3-10(12)8-11(9)17(15,16)14-6-4-13-5-7-14;/h2-3,8,13H,4-7H2,1H3;1H. The van der Waals surface area contributed by atoms with Gasteiger partial charge in [0.05, 0.1) is 4.90 Å². The summed E-state index contributed by atoms with van der Waals surface area (Å²) in [6, 6.07) is 4.96. The average Bonchev–Trinajstić information content (AvgIpc) is 2.33. The minimum absolute atomic E-state index is 0. The highest BCUT2D eigenvalue weighted by atomic mass is 35.5. The van der Waals surface area contributed by atoms with Crippen molar-refractivity contribution < 1.29 is 8.42 Å². The van der Waals surface area contributed by atoms with Crippen molar-refractivity contribution in [1.82, 2.24) is 9.62 Å². The van der Waals surface area contributed by atoms with E-state index in [0.29, 0.717) is 36.1 Å². The highest BCUT2D eigenvalue weighted by Crippen LogP contribution is 2.23. The number of halogens is 2. The lowest BCUT2D eigenvalue weighted by molar-refractivity contribution is 0.360. The highest BCUT2D eigenvalue weighted by Gasteiger charge is 2.27. The van der Waals surface area contributed by atoms with Crippen molar-refractivity contribution in [2.24, 2.45) is 0 Å². The summed E-state index contributed by atoms with van der Waals surface area (Å²) in [4.78, 5) is 0.312. The number of sulfonamides is 1. The molecule has 7 heteroatoms. The summed E-state index contributed by atoms with van der Waals surface area (Å²) < 4.78 is 26.3. The van der Waals surface area contributed by atoms with E-state index in [4.69, 9.17) is 11.6 Å². The number of rotatable bonds is 2. The maximum Gasteiger partial charge on any atom is 0.243 e. The Balaban J connectivity index is 0.00000162. The van der Waals surface area contributed by atoms with Gasteiger partial charge < -0.3 is 5.32 Å². The molecule has 1 aliphatic rings. The fourth-order valence-corrected chi connectivity index (χ4v) is 3.80. The molecule has 0 atom stereocenters. The van der Waals surface area contributed by atoms with Crippen LogP contribution in [0.5, 0.6) is 0 Å². The van der Waals surface area contributed by atoms with Crippen molar-refractivity contribution in [3.8, 4) is 0 Å². The van der Waals surface area contributed by atoms with Crippen molar-refractivity contribution in [2.45, 2.75) is 11.8 Å². The van der Waals surface area contributed by atoms with Gasteiger partial charge in [0.15, 0.2) is 0 Å². The summed E-state index contributed by atoms with van der Waals surface area (Å²) in [6.07, 6.45) is 0. The zero-order chi connectivity index (χ0) is 12.5. The first-order valence-electron chi connectivity index (χ1n) is 5.49. The Labute approximate surface area is 119 Å². The molecule has 0 aliphatic carbocycles. The maximum absolute atomic E-state index is 12.4. The molecule has 1 N–H and O–H groups in total. The first-order valence-corrected chi connectivity index (χ1v) is 7.30. The zero-order valence-corrected chi connectivity index (χ0v) is 12.4. The van der Waals surface area contributed by atoms with Gasteiger partial charge in [0.1, 0.15) is 0 Å². The largest absolute Gasteiger partial charge is 0.314 e. The summed E-state index contributed by atoms with van der Waals surface area (Å²) in [5.74, 6) is 0. The van der Waals surface area contributed by atoms with E-state index < -0.39 is 10.0 Å². The van der Waals surface area contributed by atoms with E-state index in [2.05, 4.69) is 5.32 Å². The number of benzene rings is 1. The van der Waals surface area contributed by atoms with Crippen molar-refractivity contribution >= 4 is 34.0 Å². The molecule has 1 fully saturated rings. The number of nitrogens with one attached hydrogen (secondary N) is 1. The molecule has 1 aromatic rings. The van der Waals surface area contributed by atoms with Crippen LogP contribution in [0, 0.1) is 6.92 Å². The predicted octanol–water partition coefficient (Wildman–Crippen LogP) is 1.66. The number of hydrogen-bond acceptors (Lipinski definition) is 3. The van der Waals surface area contributed by atoms with E-state index in [0.717, 1.165) is 5.56 Å². The molecule has 0 amide bonds. The average molecular weight is 311 g/mol. The van der Waals surface area contributed by atoms with Crippen LogP contribution in [0.4, 0.5) is 0 Å². The topological polar surface area (TPSA) is 49.4 Å². The van der Waals surface area contributed by atoms with Crippen LogP contribution in [0.1, 0.15) is 5.56 Å². The Morgan fingerprint density at radius 2 is 1.89 bits per heavy atom. The molecule has 1 heterocycles. The first-order chi connectivity index (χ1) is 8.01. The maximum atomic E-state index is 12.4. The van der Waals surface area contributed by atoms with Crippen LogP contribution < -0.4 is 5.32 Å². The lowest BCUT2D eigenvalue weighted by Gasteiger charge is -2.27. The minimum atomic E-state index is -3.41. The number of aryl methyl sites for hydroxylation is 1. The second kappa shape index (κ2) is 6.21. The summed E-state index contributed by atoms with van der Waals surface area (Å²) in [6.45, 7) is 4.19. The van der Waals surface area contributed by atoms with Gasteiger partial charge in [0.2, 0.25) is 10.0 Å². The molecule has 1 aromatic carbocycles. The van der Waals surface area contributed by atoms with E-state index in [9.17, 15) is 8.42 Å². The van der Waals surface area contributed by atoms with Crippen molar-refractivity contribution in [2.75, 3.05) is 26.2 Å². The van der Waals surface area contributed by atoms with Gasteiger partial charge >= 0.3 is 0 Å². The van der Waals surface area contributed by atoms with Crippen molar-refractivity contribution in [1.29, 1.82) is 0 Å². The van der Waals surface area contributed by atoms with Gasteiger partial charge in [0, 0.05) is 31.2 Å². The number of piperazine rings is 1. The van der Waals surface area contributed by atoms with Gasteiger partial charge in [0.25, 0.3) is 0 Å². The van der Waals surface area contributed by atoms with Gasteiger partial charge in [-0.3, -0.25) is 0 Å². The molecule has 0 saturated carbocycles. The fraction of sp³-hybridized carbons (Fsp3) is 0.455. The molecule has 102 valence electrons. The van der Waals surface area contributed by atoms with Gasteiger partial charge in [-0.15, -0.1) is 12.4 Å². The molecule has 0 unspecified atom stereocenters. The summed E-state index contributed by atoms with van der Waals surface area (Å²) in [5, 5.41) is 3.58. The second-order valence-corrected chi connectivity index (χ2v) is 6.41. The van der Waals surface area contributed by atoms with Crippen LogP contribution in [0.25, 0.3) is 0 Å². The normalized spacial score (nSPS) is 17.2. The molecule has 0 spiro atoms. The fourth-order valence-electron chi connectivity index (χ4n) is 1.88. The van der Waals surface area contributed by atoms with Crippen molar-refractivity contribution in [3.63, 3.8) is 0 Å². The summed E-state index contributed by atoms with van der Waals surface area (Å²) in [7, 11) is -3.41. The van der Waals surface area contributed by atoms with E-state index in [1.54, 1.807) is 19.1 Å². The molecule has 1 aliphatic heterocycles. The molecule has 2 rings (SSSR count). The molecule has 0 aromatic heterocycles. The highest BCUT2D eigenvalue weighted by molar-refractivity contribution is 7.89. The quantitative estimate of drug-likeness (QED) is 0.904. The third-order valence-corrected chi connectivity index (χ3v) is 5.12. The van der Waals surface area contributed by atoms with Crippen LogP contribution in [0.2, 0.25) is 5.02 Å².